The third kappa shape index (κ3) is 4.70. The predicted molar refractivity (Wildman–Crippen MR) is 79.4 cm³/mol. The first kappa shape index (κ1) is 16.8. The van der Waals surface area contributed by atoms with Gasteiger partial charge in [-0.05, 0) is 50.2 Å². The van der Waals surface area contributed by atoms with Crippen LogP contribution in [0, 0.1) is 0 Å². The van der Waals surface area contributed by atoms with Gasteiger partial charge in [0.15, 0.2) is 0 Å². The summed E-state index contributed by atoms with van der Waals surface area (Å²) in [5.74, 6) is 0.211. The number of rotatable bonds is 4. The smallest absolute Gasteiger partial charge is 0.417 e. The topological polar surface area (TPSA) is 51.2 Å². The van der Waals surface area contributed by atoms with Crippen LogP contribution in [0.5, 0.6) is 5.75 Å². The minimum Gasteiger partial charge on any atom is -0.491 e. The molecule has 1 N–H and O–H groups in total. The Bertz CT molecular complexity index is 665. The normalized spacial score (nSPS) is 11.4. The molecule has 1 amide bonds. The van der Waals surface area contributed by atoms with E-state index in [4.69, 9.17) is 4.74 Å². The number of hydrogen-bond donors (Lipinski definition) is 1. The molecule has 0 aliphatic rings. The zero-order chi connectivity index (χ0) is 17.0. The van der Waals surface area contributed by atoms with E-state index < -0.39 is 17.6 Å². The van der Waals surface area contributed by atoms with Crippen LogP contribution >= 0.6 is 0 Å². The summed E-state index contributed by atoms with van der Waals surface area (Å²) in [5, 5.41) is 2.44. The Labute approximate surface area is 131 Å². The van der Waals surface area contributed by atoms with E-state index >= 15 is 0 Å². The van der Waals surface area contributed by atoms with E-state index in [2.05, 4.69) is 10.3 Å². The number of carbonyl (C=O) groups excluding carboxylic acids is 1. The van der Waals surface area contributed by atoms with E-state index in [1.807, 2.05) is 13.8 Å². The second-order valence-corrected chi connectivity index (χ2v) is 5.07. The second kappa shape index (κ2) is 6.68. The standard InChI is InChI=1S/C16H15F3N2O2/c1-10(2)23-13-6-3-11(4-7-13)15(22)21-14-8-5-12(9-20-14)16(17,18)19/h3-10H,1-2H3,(H,20,21,22). The van der Waals surface area contributed by atoms with Crippen molar-refractivity contribution < 1.29 is 22.7 Å². The van der Waals surface area contributed by atoms with Gasteiger partial charge in [-0.25, -0.2) is 4.98 Å². The van der Waals surface area contributed by atoms with Crippen LogP contribution in [0.3, 0.4) is 0 Å². The molecule has 0 aliphatic carbocycles. The molecule has 2 aromatic rings. The van der Waals surface area contributed by atoms with Gasteiger partial charge in [0.1, 0.15) is 11.6 Å². The molecule has 0 fully saturated rings. The molecule has 1 aromatic heterocycles. The molecule has 4 nitrogen and oxygen atoms in total. The van der Waals surface area contributed by atoms with Crippen molar-refractivity contribution in [1.29, 1.82) is 0 Å². The minimum absolute atomic E-state index is 0.0195. The summed E-state index contributed by atoms with van der Waals surface area (Å²) in [6.07, 6.45) is -3.76. The van der Waals surface area contributed by atoms with Gasteiger partial charge >= 0.3 is 6.18 Å². The Morgan fingerprint density at radius 2 is 1.78 bits per heavy atom. The van der Waals surface area contributed by atoms with Crippen LogP contribution in [0.1, 0.15) is 29.8 Å². The van der Waals surface area contributed by atoms with Crippen LogP contribution in [0.4, 0.5) is 19.0 Å². The predicted octanol–water partition coefficient (Wildman–Crippen LogP) is 4.14. The third-order valence-electron chi connectivity index (χ3n) is 2.82. The SMILES string of the molecule is CC(C)Oc1ccc(C(=O)Nc2ccc(C(F)(F)F)cn2)cc1. The second-order valence-electron chi connectivity index (χ2n) is 5.07. The number of amides is 1. The summed E-state index contributed by atoms with van der Waals surface area (Å²) in [4.78, 5) is 15.6. The van der Waals surface area contributed by atoms with Crippen molar-refractivity contribution in [3.8, 4) is 5.75 Å². The molecule has 1 aromatic carbocycles. The number of ether oxygens (including phenoxy) is 1. The van der Waals surface area contributed by atoms with Crippen LogP contribution in [-0.4, -0.2) is 17.0 Å². The fourth-order valence-electron chi connectivity index (χ4n) is 1.78. The van der Waals surface area contributed by atoms with Gasteiger partial charge in [0.25, 0.3) is 5.91 Å². The van der Waals surface area contributed by atoms with Crippen LogP contribution < -0.4 is 10.1 Å². The Morgan fingerprint density at radius 3 is 2.26 bits per heavy atom. The highest BCUT2D eigenvalue weighted by Gasteiger charge is 2.30. The molecule has 0 radical (unpaired) electrons. The number of anilines is 1. The average molecular weight is 324 g/mol. The van der Waals surface area contributed by atoms with Crippen molar-refractivity contribution >= 4 is 11.7 Å². The van der Waals surface area contributed by atoms with Crippen molar-refractivity contribution in [1.82, 2.24) is 4.98 Å². The monoisotopic (exact) mass is 324 g/mol. The maximum absolute atomic E-state index is 12.4. The molecule has 2 rings (SSSR count). The van der Waals surface area contributed by atoms with E-state index in [0.29, 0.717) is 17.5 Å². The Hall–Kier alpha value is -2.57. The Morgan fingerprint density at radius 1 is 1.13 bits per heavy atom. The fraction of sp³-hybridized carbons (Fsp3) is 0.250. The van der Waals surface area contributed by atoms with Gasteiger partial charge in [0.2, 0.25) is 0 Å². The highest BCUT2D eigenvalue weighted by molar-refractivity contribution is 6.03. The number of alkyl halides is 3. The lowest BCUT2D eigenvalue weighted by molar-refractivity contribution is -0.137. The Kier molecular flexibility index (Phi) is 4.88. The van der Waals surface area contributed by atoms with Gasteiger partial charge in [-0.15, -0.1) is 0 Å². The van der Waals surface area contributed by atoms with Gasteiger partial charge in [-0.3, -0.25) is 4.79 Å². The summed E-state index contributed by atoms with van der Waals surface area (Å²) < 4.78 is 42.8. The number of halogens is 3. The maximum atomic E-state index is 12.4. The number of nitrogens with zero attached hydrogens (tertiary/aromatic N) is 1. The molecule has 0 unspecified atom stereocenters. The first-order valence-electron chi connectivity index (χ1n) is 6.87. The van der Waals surface area contributed by atoms with E-state index in [-0.39, 0.29) is 11.9 Å². The molecule has 1 heterocycles. The summed E-state index contributed by atoms with van der Waals surface area (Å²) in [6.45, 7) is 3.77. The molecule has 0 spiro atoms. The van der Waals surface area contributed by atoms with Gasteiger partial charge in [-0.2, -0.15) is 13.2 Å². The largest absolute Gasteiger partial charge is 0.491 e. The van der Waals surface area contributed by atoms with Crippen LogP contribution in [0.2, 0.25) is 0 Å². The summed E-state index contributed by atoms with van der Waals surface area (Å²) >= 11 is 0. The molecule has 0 saturated heterocycles. The van der Waals surface area contributed by atoms with Crippen molar-refractivity contribution in [2.45, 2.75) is 26.1 Å². The molecule has 0 bridgehead atoms. The van der Waals surface area contributed by atoms with Crippen molar-refractivity contribution in [3.63, 3.8) is 0 Å². The molecule has 0 saturated carbocycles. The van der Waals surface area contributed by atoms with Gasteiger partial charge < -0.3 is 10.1 Å². The highest BCUT2D eigenvalue weighted by atomic mass is 19.4. The summed E-state index contributed by atoms with van der Waals surface area (Å²) in [6, 6.07) is 8.40. The number of benzene rings is 1. The molecular weight excluding hydrogens is 309 g/mol. The summed E-state index contributed by atoms with van der Waals surface area (Å²) in [5.41, 5.74) is -0.520. The molecule has 23 heavy (non-hydrogen) atoms. The quantitative estimate of drug-likeness (QED) is 0.919. The van der Waals surface area contributed by atoms with Crippen LogP contribution in [-0.2, 0) is 6.18 Å². The number of aromatic nitrogens is 1. The molecule has 7 heteroatoms. The zero-order valence-corrected chi connectivity index (χ0v) is 12.5. The van der Waals surface area contributed by atoms with E-state index in [1.54, 1.807) is 24.3 Å². The molecule has 0 atom stereocenters. The van der Waals surface area contributed by atoms with Gasteiger partial charge in [0, 0.05) is 11.8 Å². The lowest BCUT2D eigenvalue weighted by Gasteiger charge is -2.10. The zero-order valence-electron chi connectivity index (χ0n) is 12.5. The molecular formula is C16H15F3N2O2. The highest BCUT2D eigenvalue weighted by Crippen LogP contribution is 2.28. The molecule has 122 valence electrons. The average Bonchev–Trinajstić information content (AvgIpc) is 2.47. The third-order valence-corrected chi connectivity index (χ3v) is 2.82. The van der Waals surface area contributed by atoms with Crippen LogP contribution in [0.25, 0.3) is 0 Å². The number of carbonyl (C=O) groups is 1. The maximum Gasteiger partial charge on any atom is 0.417 e. The van der Waals surface area contributed by atoms with Crippen molar-refractivity contribution in [2.75, 3.05) is 5.32 Å². The molecule has 0 aliphatic heterocycles. The number of hydrogen-bond acceptors (Lipinski definition) is 3. The first-order valence-corrected chi connectivity index (χ1v) is 6.87. The first-order chi connectivity index (χ1) is 10.8. The van der Waals surface area contributed by atoms with E-state index in [0.717, 1.165) is 12.1 Å². The number of nitrogens with one attached hydrogen (secondary N) is 1. The van der Waals surface area contributed by atoms with Crippen molar-refractivity contribution in [3.05, 3.63) is 53.7 Å². The van der Waals surface area contributed by atoms with Gasteiger partial charge in [-0.1, -0.05) is 0 Å². The number of pyridine rings is 1. The minimum atomic E-state index is -4.46. The summed E-state index contributed by atoms with van der Waals surface area (Å²) in [7, 11) is 0. The van der Waals surface area contributed by atoms with E-state index in [9.17, 15) is 18.0 Å². The van der Waals surface area contributed by atoms with Crippen molar-refractivity contribution in [2.24, 2.45) is 0 Å². The van der Waals surface area contributed by atoms with Gasteiger partial charge in [0.05, 0.1) is 11.7 Å². The van der Waals surface area contributed by atoms with Crippen LogP contribution in [0.15, 0.2) is 42.6 Å². The lowest BCUT2D eigenvalue weighted by Crippen LogP contribution is -2.14. The lowest BCUT2D eigenvalue weighted by atomic mass is 10.2. The van der Waals surface area contributed by atoms with E-state index in [1.165, 1.54) is 0 Å². The fourth-order valence-corrected chi connectivity index (χ4v) is 1.78. The Balaban J connectivity index is 2.04.